The maximum absolute atomic E-state index is 13.6. The van der Waals surface area contributed by atoms with Crippen LogP contribution in [0, 0.1) is 11.8 Å². The molecule has 0 radical (unpaired) electrons. The topological polar surface area (TPSA) is 33.1 Å². The predicted molar refractivity (Wildman–Crippen MR) is 73.1 cm³/mol. The van der Waals surface area contributed by atoms with Crippen LogP contribution in [0.3, 0.4) is 0 Å². The molecule has 2 nitrogen and oxygen atoms in total. The van der Waals surface area contributed by atoms with Crippen LogP contribution < -0.4 is 0 Å². The van der Waals surface area contributed by atoms with Crippen LogP contribution in [-0.2, 0) is 5.60 Å². The number of hydrogen-bond donors (Lipinski definition) is 1. The summed E-state index contributed by atoms with van der Waals surface area (Å²) in [4.78, 5) is 4.04. The molecule has 3 unspecified atom stereocenters. The molecule has 1 aromatic rings. The van der Waals surface area contributed by atoms with Crippen molar-refractivity contribution in [3.05, 3.63) is 60.0 Å². The first-order chi connectivity index (χ1) is 9.82. The van der Waals surface area contributed by atoms with Crippen molar-refractivity contribution in [2.24, 2.45) is 11.8 Å². The molecule has 0 amide bonds. The molecule has 0 saturated heterocycles. The van der Waals surface area contributed by atoms with E-state index in [0.717, 1.165) is 0 Å². The number of allylic oxidation sites excluding steroid dienone is 4. The highest BCUT2D eigenvalue weighted by Crippen LogP contribution is 2.57. The fourth-order valence-electron chi connectivity index (χ4n) is 3.28. The van der Waals surface area contributed by atoms with Crippen molar-refractivity contribution in [2.75, 3.05) is 0 Å². The summed E-state index contributed by atoms with van der Waals surface area (Å²) >= 11 is 0. The second kappa shape index (κ2) is 4.31. The number of nitrogens with zero attached hydrogens (tertiary/aromatic N) is 1. The van der Waals surface area contributed by atoms with Gasteiger partial charge in [0.05, 0.1) is 5.69 Å². The van der Waals surface area contributed by atoms with Gasteiger partial charge in [-0.15, -0.1) is 6.58 Å². The van der Waals surface area contributed by atoms with Gasteiger partial charge in [-0.1, -0.05) is 31.2 Å². The summed E-state index contributed by atoms with van der Waals surface area (Å²) in [5.41, 5.74) is -2.62. The number of halogens is 3. The maximum Gasteiger partial charge on any atom is 0.425 e. The fraction of sp³-hybridized carbons (Fsp3) is 0.312. The molecule has 2 aliphatic carbocycles. The summed E-state index contributed by atoms with van der Waals surface area (Å²) in [6, 6.07) is 2.70. The molecule has 3 atom stereocenters. The Balaban J connectivity index is 2.31. The van der Waals surface area contributed by atoms with Crippen molar-refractivity contribution in [3.63, 3.8) is 0 Å². The van der Waals surface area contributed by atoms with Crippen molar-refractivity contribution in [1.82, 2.24) is 4.98 Å². The van der Waals surface area contributed by atoms with Gasteiger partial charge < -0.3 is 5.11 Å². The molecule has 3 rings (SSSR count). The Morgan fingerprint density at radius 1 is 1.43 bits per heavy atom. The molecule has 1 N–H and O–H groups in total. The Bertz CT molecular complexity index is 674. The zero-order valence-corrected chi connectivity index (χ0v) is 11.4. The molecule has 0 aliphatic heterocycles. The highest BCUT2D eigenvalue weighted by atomic mass is 19.4. The smallest absolute Gasteiger partial charge is 0.372 e. The molecule has 21 heavy (non-hydrogen) atoms. The Morgan fingerprint density at radius 2 is 2.14 bits per heavy atom. The molecular formula is C16H14F3NO. The van der Waals surface area contributed by atoms with Gasteiger partial charge in [-0.2, -0.15) is 13.2 Å². The van der Waals surface area contributed by atoms with Crippen LogP contribution in [-0.4, -0.2) is 16.3 Å². The lowest BCUT2D eigenvalue weighted by Gasteiger charge is -2.35. The molecule has 0 aromatic carbocycles. The van der Waals surface area contributed by atoms with Gasteiger partial charge in [0.15, 0.2) is 0 Å². The van der Waals surface area contributed by atoms with E-state index in [9.17, 15) is 18.3 Å². The van der Waals surface area contributed by atoms with Crippen molar-refractivity contribution in [2.45, 2.75) is 18.7 Å². The van der Waals surface area contributed by atoms with E-state index in [-0.39, 0.29) is 22.7 Å². The number of hydrogen-bond acceptors (Lipinski definition) is 2. The SMILES string of the molecule is C=CC1C=CC2=C(C1C)C(O)(C(F)(F)F)c1cccnc12. The third kappa shape index (κ3) is 1.67. The quantitative estimate of drug-likeness (QED) is 0.802. The monoisotopic (exact) mass is 293 g/mol. The fourth-order valence-corrected chi connectivity index (χ4v) is 3.28. The Morgan fingerprint density at radius 3 is 2.76 bits per heavy atom. The van der Waals surface area contributed by atoms with Gasteiger partial charge in [-0.3, -0.25) is 4.98 Å². The summed E-state index contributed by atoms with van der Waals surface area (Å²) in [5.74, 6) is -0.740. The van der Waals surface area contributed by atoms with E-state index >= 15 is 0 Å². The third-order valence-corrected chi connectivity index (χ3v) is 4.33. The normalized spacial score (nSPS) is 31.1. The first-order valence-corrected chi connectivity index (χ1v) is 6.62. The van der Waals surface area contributed by atoms with Gasteiger partial charge in [-0.25, -0.2) is 0 Å². The van der Waals surface area contributed by atoms with E-state index in [2.05, 4.69) is 11.6 Å². The van der Waals surface area contributed by atoms with E-state index in [4.69, 9.17) is 0 Å². The van der Waals surface area contributed by atoms with Crippen LogP contribution >= 0.6 is 0 Å². The van der Waals surface area contributed by atoms with Gasteiger partial charge in [0.1, 0.15) is 0 Å². The Kier molecular flexibility index (Phi) is 2.89. The molecule has 2 aliphatic rings. The third-order valence-electron chi connectivity index (χ3n) is 4.33. The number of pyridine rings is 1. The average molecular weight is 293 g/mol. The van der Waals surface area contributed by atoms with Crippen molar-refractivity contribution in [1.29, 1.82) is 0 Å². The minimum absolute atomic E-state index is 0.0314. The molecule has 0 fully saturated rings. The van der Waals surface area contributed by atoms with E-state index in [1.807, 2.05) is 0 Å². The van der Waals surface area contributed by atoms with Gasteiger partial charge in [0.2, 0.25) is 5.60 Å². The van der Waals surface area contributed by atoms with E-state index in [1.165, 1.54) is 18.3 Å². The number of aliphatic hydroxyl groups is 1. The first-order valence-electron chi connectivity index (χ1n) is 6.62. The van der Waals surface area contributed by atoms with Gasteiger partial charge >= 0.3 is 6.18 Å². The molecule has 0 saturated carbocycles. The predicted octanol–water partition coefficient (Wildman–Crippen LogP) is 3.61. The molecule has 0 bridgehead atoms. The lowest BCUT2D eigenvalue weighted by Crippen LogP contribution is -2.45. The van der Waals surface area contributed by atoms with Crippen LogP contribution in [0.4, 0.5) is 13.2 Å². The zero-order chi connectivity index (χ0) is 15.4. The zero-order valence-electron chi connectivity index (χ0n) is 11.4. The van der Waals surface area contributed by atoms with Gasteiger partial charge in [0.25, 0.3) is 0 Å². The number of aromatic nitrogens is 1. The summed E-state index contributed by atoms with van der Waals surface area (Å²) < 4.78 is 40.9. The average Bonchev–Trinajstić information content (AvgIpc) is 2.71. The van der Waals surface area contributed by atoms with Crippen LogP contribution in [0.25, 0.3) is 5.57 Å². The summed E-state index contributed by atoms with van der Waals surface area (Å²) in [6.45, 7) is 5.33. The van der Waals surface area contributed by atoms with Crippen LogP contribution in [0.2, 0.25) is 0 Å². The summed E-state index contributed by atoms with van der Waals surface area (Å²) in [7, 11) is 0. The first kappa shape index (κ1) is 14.1. The Labute approximate surface area is 120 Å². The largest absolute Gasteiger partial charge is 0.425 e. The minimum Gasteiger partial charge on any atom is -0.372 e. The van der Waals surface area contributed by atoms with Crippen LogP contribution in [0.5, 0.6) is 0 Å². The maximum atomic E-state index is 13.6. The van der Waals surface area contributed by atoms with E-state index in [1.54, 1.807) is 25.2 Å². The lowest BCUT2D eigenvalue weighted by atomic mass is 9.74. The van der Waals surface area contributed by atoms with E-state index in [0.29, 0.717) is 5.57 Å². The van der Waals surface area contributed by atoms with E-state index < -0.39 is 17.7 Å². The number of alkyl halides is 3. The van der Waals surface area contributed by atoms with Crippen LogP contribution in [0.15, 0.2) is 48.7 Å². The molecule has 110 valence electrons. The Hall–Kier alpha value is -1.88. The molecule has 1 aromatic heterocycles. The number of rotatable bonds is 1. The molecular weight excluding hydrogens is 279 g/mol. The van der Waals surface area contributed by atoms with Crippen molar-refractivity contribution in [3.8, 4) is 0 Å². The highest BCUT2D eigenvalue weighted by molar-refractivity contribution is 5.85. The standard InChI is InChI=1S/C16H14F3NO/c1-3-10-6-7-11-13(9(10)2)15(21,16(17,18)19)12-5-4-8-20-14(11)12/h3-10,21H,1H2,2H3. The van der Waals surface area contributed by atoms with Crippen molar-refractivity contribution < 1.29 is 18.3 Å². The molecule has 5 heteroatoms. The van der Waals surface area contributed by atoms with Gasteiger partial charge in [-0.05, 0) is 17.6 Å². The highest BCUT2D eigenvalue weighted by Gasteiger charge is 2.63. The minimum atomic E-state index is -4.80. The number of fused-ring (bicyclic) bond motifs is 2. The second-order valence-corrected chi connectivity index (χ2v) is 5.40. The van der Waals surface area contributed by atoms with Crippen LogP contribution in [0.1, 0.15) is 18.2 Å². The lowest BCUT2D eigenvalue weighted by molar-refractivity contribution is -0.251. The summed E-state index contributed by atoms with van der Waals surface area (Å²) in [6.07, 6.45) is 1.64. The summed E-state index contributed by atoms with van der Waals surface area (Å²) in [5, 5.41) is 10.6. The van der Waals surface area contributed by atoms with Crippen molar-refractivity contribution >= 4 is 5.57 Å². The molecule has 0 spiro atoms. The second-order valence-electron chi connectivity index (χ2n) is 5.40. The van der Waals surface area contributed by atoms with Gasteiger partial charge in [0, 0.05) is 23.3 Å². The molecule has 1 heterocycles.